The second-order valence-corrected chi connectivity index (χ2v) is 8.45. The molecule has 0 bridgehead atoms. The Morgan fingerprint density at radius 3 is 1.54 bits per heavy atom. The van der Waals surface area contributed by atoms with E-state index in [9.17, 15) is 14.4 Å². The molecule has 0 amide bonds. The molecular weight excluding hydrogens is 468 g/mol. The third-order valence-electron chi connectivity index (χ3n) is 5.37. The summed E-state index contributed by atoms with van der Waals surface area (Å²) in [5, 5.41) is 0. The Kier molecular flexibility index (Phi) is 8.59. The van der Waals surface area contributed by atoms with E-state index < -0.39 is 17.9 Å². The van der Waals surface area contributed by atoms with E-state index >= 15 is 0 Å². The van der Waals surface area contributed by atoms with Crippen molar-refractivity contribution in [1.29, 1.82) is 0 Å². The molecule has 0 aliphatic rings. The van der Waals surface area contributed by atoms with E-state index in [4.69, 9.17) is 14.2 Å². The van der Waals surface area contributed by atoms with Gasteiger partial charge in [0, 0.05) is 22.3 Å². The molecule has 3 rings (SSSR count). The van der Waals surface area contributed by atoms with Gasteiger partial charge in [0.2, 0.25) is 0 Å². The Morgan fingerprint density at radius 2 is 1.08 bits per heavy atom. The van der Waals surface area contributed by atoms with E-state index in [-0.39, 0.29) is 0 Å². The fraction of sp³-hybridized carbons (Fsp3) is 0.129. The van der Waals surface area contributed by atoms with Gasteiger partial charge in [-0.25, -0.2) is 14.4 Å². The molecule has 0 radical (unpaired) electrons. The van der Waals surface area contributed by atoms with Gasteiger partial charge in [-0.2, -0.15) is 0 Å². The van der Waals surface area contributed by atoms with Crippen LogP contribution in [-0.2, 0) is 14.4 Å². The second kappa shape index (κ2) is 11.8. The van der Waals surface area contributed by atoms with Crippen LogP contribution in [0.2, 0.25) is 0 Å². The molecule has 0 atom stereocenters. The quantitative estimate of drug-likeness (QED) is 0.183. The third-order valence-corrected chi connectivity index (χ3v) is 5.37. The zero-order valence-electron chi connectivity index (χ0n) is 21.1. The number of carbonyl (C=O) groups excluding carboxylic acids is 3. The van der Waals surface area contributed by atoms with Gasteiger partial charge >= 0.3 is 17.9 Å². The van der Waals surface area contributed by atoms with Gasteiger partial charge < -0.3 is 14.2 Å². The van der Waals surface area contributed by atoms with Gasteiger partial charge in [-0.1, -0.05) is 63.1 Å². The molecule has 37 heavy (non-hydrogen) atoms. The van der Waals surface area contributed by atoms with Crippen LogP contribution >= 0.6 is 0 Å². The van der Waals surface area contributed by atoms with E-state index in [0.717, 1.165) is 16.7 Å². The summed E-state index contributed by atoms with van der Waals surface area (Å²) in [7, 11) is 0. The van der Waals surface area contributed by atoms with Gasteiger partial charge in [-0.15, -0.1) is 0 Å². The van der Waals surface area contributed by atoms with Gasteiger partial charge in [-0.05, 0) is 67.3 Å². The Bertz CT molecular complexity index is 1380. The lowest BCUT2D eigenvalue weighted by Gasteiger charge is -2.14. The van der Waals surface area contributed by atoms with Crippen LogP contribution in [0.1, 0.15) is 27.2 Å². The molecule has 0 saturated carbocycles. The topological polar surface area (TPSA) is 78.9 Å². The van der Waals surface area contributed by atoms with Crippen LogP contribution < -0.4 is 14.2 Å². The lowest BCUT2D eigenvalue weighted by molar-refractivity contribution is -0.131. The first-order chi connectivity index (χ1) is 17.6. The van der Waals surface area contributed by atoms with Gasteiger partial charge in [0.25, 0.3) is 0 Å². The monoisotopic (exact) mass is 496 g/mol. The molecule has 3 aromatic rings. The van der Waals surface area contributed by atoms with E-state index in [0.29, 0.717) is 46.0 Å². The number of hydrogen-bond donors (Lipinski definition) is 0. The molecule has 0 heterocycles. The van der Waals surface area contributed by atoms with E-state index in [1.807, 2.05) is 19.1 Å². The van der Waals surface area contributed by atoms with Crippen LogP contribution in [0.4, 0.5) is 0 Å². The third kappa shape index (κ3) is 6.92. The van der Waals surface area contributed by atoms with Gasteiger partial charge in [0.1, 0.15) is 17.2 Å². The summed E-state index contributed by atoms with van der Waals surface area (Å²) in [5.74, 6) is -0.407. The molecule has 6 heteroatoms. The van der Waals surface area contributed by atoms with Crippen molar-refractivity contribution >= 4 is 17.9 Å². The highest BCUT2D eigenvalue weighted by atomic mass is 16.5. The minimum atomic E-state index is -0.519. The minimum Gasteiger partial charge on any atom is -0.423 e. The fourth-order valence-electron chi connectivity index (χ4n) is 3.15. The van der Waals surface area contributed by atoms with E-state index in [1.54, 1.807) is 68.4 Å². The zero-order valence-corrected chi connectivity index (χ0v) is 21.1. The van der Waals surface area contributed by atoms with Crippen molar-refractivity contribution < 1.29 is 28.6 Å². The maximum absolute atomic E-state index is 12.6. The van der Waals surface area contributed by atoms with Crippen molar-refractivity contribution in [1.82, 2.24) is 0 Å². The summed E-state index contributed by atoms with van der Waals surface area (Å²) in [6.45, 7) is 15.9. The average molecular weight is 497 g/mol. The largest absolute Gasteiger partial charge is 0.423 e. The first-order valence-corrected chi connectivity index (χ1v) is 11.6. The Labute approximate surface area is 216 Å². The molecule has 188 valence electrons. The Morgan fingerprint density at radius 1 is 0.622 bits per heavy atom. The number of hydrogen-bond acceptors (Lipinski definition) is 6. The van der Waals surface area contributed by atoms with Crippen LogP contribution in [-0.4, -0.2) is 17.9 Å². The van der Waals surface area contributed by atoms with Crippen molar-refractivity contribution in [2.24, 2.45) is 0 Å². The predicted octanol–water partition coefficient (Wildman–Crippen LogP) is 6.86. The van der Waals surface area contributed by atoms with Crippen molar-refractivity contribution in [3.63, 3.8) is 0 Å². The number of esters is 3. The number of benzene rings is 3. The first kappa shape index (κ1) is 26.9. The molecule has 0 N–H and O–H groups in total. The van der Waals surface area contributed by atoms with Gasteiger partial charge in [0.05, 0.1) is 0 Å². The van der Waals surface area contributed by atoms with Crippen LogP contribution in [0.15, 0.2) is 103 Å². The number of ether oxygens (including phenoxy) is 3. The number of carbonyl (C=O) groups is 3. The van der Waals surface area contributed by atoms with Crippen molar-refractivity contribution in [2.45, 2.75) is 27.2 Å². The lowest BCUT2D eigenvalue weighted by atomic mass is 9.99. The summed E-state index contributed by atoms with van der Waals surface area (Å²) in [4.78, 5) is 36.1. The van der Waals surface area contributed by atoms with Crippen LogP contribution in [0.3, 0.4) is 0 Å². The van der Waals surface area contributed by atoms with Crippen molar-refractivity contribution in [3.8, 4) is 39.5 Å². The standard InChI is InChI=1S/C31H28O6/c1-7-21(6)31(34)37-28-18-24(22-8-13-25(14-9-22)35-29(32)19(2)3)12-17-27(28)23-10-15-26(16-11-23)36-30(33)20(4)5/h8-18H,2,4,6-7H2,1,3,5H3. The maximum atomic E-state index is 12.6. The summed E-state index contributed by atoms with van der Waals surface area (Å²) >= 11 is 0. The van der Waals surface area contributed by atoms with Crippen LogP contribution in [0, 0.1) is 0 Å². The van der Waals surface area contributed by atoms with Crippen molar-refractivity contribution in [3.05, 3.63) is 103 Å². The summed E-state index contributed by atoms with van der Waals surface area (Å²) < 4.78 is 16.2. The normalized spacial score (nSPS) is 10.2. The smallest absolute Gasteiger partial charge is 0.338 e. The Hall–Kier alpha value is -4.71. The Balaban J connectivity index is 1.95. The summed E-state index contributed by atoms with van der Waals surface area (Å²) in [6, 6.07) is 19.3. The predicted molar refractivity (Wildman–Crippen MR) is 143 cm³/mol. The highest BCUT2D eigenvalue weighted by Crippen LogP contribution is 2.36. The molecule has 0 spiro atoms. The van der Waals surface area contributed by atoms with Crippen LogP contribution in [0.25, 0.3) is 22.3 Å². The average Bonchev–Trinajstić information content (AvgIpc) is 2.89. The van der Waals surface area contributed by atoms with Crippen LogP contribution in [0.5, 0.6) is 17.2 Å². The summed E-state index contributed by atoms with van der Waals surface area (Å²) in [5.41, 5.74) is 4.00. The second-order valence-electron chi connectivity index (χ2n) is 8.45. The zero-order chi connectivity index (χ0) is 27.1. The first-order valence-electron chi connectivity index (χ1n) is 11.6. The molecule has 0 saturated heterocycles. The highest BCUT2D eigenvalue weighted by molar-refractivity contribution is 5.92. The molecule has 0 aliphatic heterocycles. The minimum absolute atomic E-state index is 0.298. The molecule has 3 aromatic carbocycles. The number of rotatable bonds is 9. The lowest BCUT2D eigenvalue weighted by Crippen LogP contribution is -2.10. The van der Waals surface area contributed by atoms with Gasteiger partial charge in [0.15, 0.2) is 0 Å². The molecule has 0 aromatic heterocycles. The molecule has 6 nitrogen and oxygen atoms in total. The van der Waals surface area contributed by atoms with E-state index in [2.05, 4.69) is 19.7 Å². The molecule has 0 fully saturated rings. The maximum Gasteiger partial charge on any atom is 0.338 e. The molecule has 0 unspecified atom stereocenters. The molecule has 0 aliphatic carbocycles. The fourth-order valence-corrected chi connectivity index (χ4v) is 3.15. The van der Waals surface area contributed by atoms with Gasteiger partial charge in [-0.3, -0.25) is 0 Å². The summed E-state index contributed by atoms with van der Waals surface area (Å²) in [6.07, 6.45) is 0.459. The van der Waals surface area contributed by atoms with E-state index in [1.165, 1.54) is 0 Å². The molecular formula is C31H28O6. The van der Waals surface area contributed by atoms with Crippen molar-refractivity contribution in [2.75, 3.05) is 0 Å². The SMILES string of the molecule is C=C(C)C(=O)Oc1ccc(-c2ccc(-c3ccc(OC(=O)C(=C)C)cc3)c(OC(=O)C(=C)CC)c2)cc1. The highest BCUT2D eigenvalue weighted by Gasteiger charge is 2.15.